The Kier molecular flexibility index (Phi) is 6.31. The SMILES string of the molecule is O=C(CSc1nc2cc(Cl)ccc2o1)Nc1cc(C(F)(F)F)ccc1N1CCOCC1. The van der Waals surface area contributed by atoms with Crippen molar-refractivity contribution in [3.63, 3.8) is 0 Å². The number of hydrogen-bond donors (Lipinski definition) is 1. The van der Waals surface area contributed by atoms with Crippen LogP contribution >= 0.6 is 23.4 Å². The van der Waals surface area contributed by atoms with Crippen molar-refractivity contribution < 1.29 is 27.1 Å². The second-order valence-electron chi connectivity index (χ2n) is 6.76. The van der Waals surface area contributed by atoms with Crippen LogP contribution in [0.5, 0.6) is 0 Å². The lowest BCUT2D eigenvalue weighted by Crippen LogP contribution is -2.37. The van der Waals surface area contributed by atoms with Crippen LogP contribution in [0.1, 0.15) is 5.56 Å². The smallest absolute Gasteiger partial charge is 0.416 e. The molecule has 0 unspecified atom stereocenters. The van der Waals surface area contributed by atoms with Crippen LogP contribution in [0.25, 0.3) is 11.1 Å². The van der Waals surface area contributed by atoms with E-state index in [4.69, 9.17) is 20.8 Å². The van der Waals surface area contributed by atoms with Gasteiger partial charge in [-0.3, -0.25) is 4.79 Å². The standard InChI is InChI=1S/C20H17ClF3N3O3S/c21-13-2-4-17-15(10-13)26-19(30-17)31-11-18(28)25-14-9-12(20(22,23)24)1-3-16(14)27-5-7-29-8-6-27/h1-4,9-10H,5-8,11H2,(H,25,28). The van der Waals surface area contributed by atoms with Gasteiger partial charge in [0.25, 0.3) is 5.22 Å². The first-order valence-electron chi connectivity index (χ1n) is 9.32. The van der Waals surface area contributed by atoms with E-state index >= 15 is 0 Å². The van der Waals surface area contributed by atoms with Crippen LogP contribution < -0.4 is 10.2 Å². The van der Waals surface area contributed by atoms with E-state index in [1.54, 1.807) is 18.2 Å². The molecule has 3 aromatic rings. The Morgan fingerprint density at radius 1 is 1.19 bits per heavy atom. The topological polar surface area (TPSA) is 67.6 Å². The molecule has 0 bridgehead atoms. The van der Waals surface area contributed by atoms with E-state index < -0.39 is 17.6 Å². The molecule has 1 saturated heterocycles. The molecule has 1 amide bonds. The number of halogens is 4. The third-order valence-corrected chi connectivity index (χ3v) is 5.67. The largest absolute Gasteiger partial charge is 0.431 e. The van der Waals surface area contributed by atoms with Crippen molar-refractivity contribution in [1.82, 2.24) is 4.98 Å². The zero-order chi connectivity index (χ0) is 22.0. The van der Waals surface area contributed by atoms with E-state index in [1.807, 2.05) is 4.90 Å². The van der Waals surface area contributed by atoms with Gasteiger partial charge in [-0.15, -0.1) is 0 Å². The van der Waals surface area contributed by atoms with Crippen LogP contribution in [0.2, 0.25) is 5.02 Å². The second-order valence-corrected chi connectivity index (χ2v) is 8.12. The van der Waals surface area contributed by atoms with Crippen LogP contribution in [0, 0.1) is 0 Å². The first kappa shape index (κ1) is 21.8. The van der Waals surface area contributed by atoms with E-state index in [0.717, 1.165) is 23.9 Å². The number of fused-ring (bicyclic) bond motifs is 1. The summed E-state index contributed by atoms with van der Waals surface area (Å²) in [5.74, 6) is -0.557. The van der Waals surface area contributed by atoms with Gasteiger partial charge in [0.05, 0.1) is 35.9 Å². The summed E-state index contributed by atoms with van der Waals surface area (Å²) in [5, 5.41) is 3.38. The van der Waals surface area contributed by atoms with Gasteiger partial charge in [-0.2, -0.15) is 13.2 Å². The van der Waals surface area contributed by atoms with Crippen LogP contribution in [0.15, 0.2) is 46.0 Å². The van der Waals surface area contributed by atoms with Crippen molar-refractivity contribution in [3.8, 4) is 0 Å². The maximum Gasteiger partial charge on any atom is 0.416 e. The molecule has 1 aliphatic heterocycles. The molecule has 0 aliphatic carbocycles. The number of alkyl halides is 3. The summed E-state index contributed by atoms with van der Waals surface area (Å²) in [6.45, 7) is 1.97. The van der Waals surface area contributed by atoms with Gasteiger partial charge in [-0.05, 0) is 36.4 Å². The summed E-state index contributed by atoms with van der Waals surface area (Å²) in [6, 6.07) is 8.32. The molecular formula is C20H17ClF3N3O3S. The summed E-state index contributed by atoms with van der Waals surface area (Å²) >= 11 is 6.97. The number of morpholine rings is 1. The maximum atomic E-state index is 13.2. The van der Waals surface area contributed by atoms with Crippen molar-refractivity contribution in [2.75, 3.05) is 42.3 Å². The van der Waals surface area contributed by atoms with Crippen molar-refractivity contribution in [2.45, 2.75) is 11.4 Å². The normalized spacial score (nSPS) is 14.8. The van der Waals surface area contributed by atoms with E-state index in [2.05, 4.69) is 10.3 Å². The highest BCUT2D eigenvalue weighted by Gasteiger charge is 2.32. The average molecular weight is 472 g/mol. The molecule has 164 valence electrons. The van der Waals surface area contributed by atoms with Crippen LogP contribution in [0.3, 0.4) is 0 Å². The van der Waals surface area contributed by atoms with E-state index in [0.29, 0.717) is 48.1 Å². The number of carbonyl (C=O) groups excluding carboxylic acids is 1. The lowest BCUT2D eigenvalue weighted by molar-refractivity contribution is -0.137. The minimum atomic E-state index is -4.52. The Labute approximate surface area is 184 Å². The number of hydrogen-bond acceptors (Lipinski definition) is 6. The fraction of sp³-hybridized carbons (Fsp3) is 0.300. The molecule has 1 fully saturated rings. The quantitative estimate of drug-likeness (QED) is 0.524. The molecule has 2 aromatic carbocycles. The lowest BCUT2D eigenvalue weighted by Gasteiger charge is -2.31. The Hall–Kier alpha value is -2.43. The highest BCUT2D eigenvalue weighted by atomic mass is 35.5. The van der Waals surface area contributed by atoms with E-state index in [1.165, 1.54) is 6.07 Å². The Morgan fingerprint density at radius 2 is 1.97 bits per heavy atom. The van der Waals surface area contributed by atoms with Crippen molar-refractivity contribution >= 4 is 51.7 Å². The summed E-state index contributed by atoms with van der Waals surface area (Å²) in [4.78, 5) is 18.6. The number of rotatable bonds is 5. The van der Waals surface area contributed by atoms with Gasteiger partial charge in [0.2, 0.25) is 5.91 Å². The maximum absolute atomic E-state index is 13.2. The Morgan fingerprint density at radius 3 is 2.71 bits per heavy atom. The summed E-state index contributed by atoms with van der Waals surface area (Å²) in [5.41, 5.74) is 0.879. The second kappa shape index (κ2) is 8.97. The molecule has 1 aromatic heterocycles. The molecular weight excluding hydrogens is 455 g/mol. The molecule has 1 aliphatic rings. The molecule has 0 atom stereocenters. The third kappa shape index (κ3) is 5.25. The number of oxazole rings is 1. The average Bonchev–Trinajstić information content (AvgIpc) is 3.14. The summed E-state index contributed by atoms with van der Waals surface area (Å²) in [7, 11) is 0. The van der Waals surface area contributed by atoms with E-state index in [9.17, 15) is 18.0 Å². The molecule has 0 spiro atoms. The molecule has 31 heavy (non-hydrogen) atoms. The zero-order valence-electron chi connectivity index (χ0n) is 16.0. The highest BCUT2D eigenvalue weighted by molar-refractivity contribution is 7.99. The predicted octanol–water partition coefficient (Wildman–Crippen LogP) is 5.07. The fourth-order valence-electron chi connectivity index (χ4n) is 3.15. The van der Waals surface area contributed by atoms with Gasteiger partial charge in [-0.1, -0.05) is 23.4 Å². The number of aromatic nitrogens is 1. The molecule has 4 rings (SSSR count). The number of nitrogens with zero attached hydrogens (tertiary/aromatic N) is 2. The summed E-state index contributed by atoms with van der Waals surface area (Å²) < 4.78 is 50.4. The number of thioether (sulfide) groups is 1. The number of ether oxygens (including phenoxy) is 1. The molecule has 1 N–H and O–H groups in total. The molecule has 0 radical (unpaired) electrons. The van der Waals surface area contributed by atoms with Gasteiger partial charge < -0.3 is 19.4 Å². The fourth-order valence-corrected chi connectivity index (χ4v) is 3.95. The molecule has 11 heteroatoms. The molecule has 2 heterocycles. The summed E-state index contributed by atoms with van der Waals surface area (Å²) in [6.07, 6.45) is -4.52. The Bertz CT molecular complexity index is 1100. The first-order valence-corrected chi connectivity index (χ1v) is 10.7. The van der Waals surface area contributed by atoms with Crippen molar-refractivity contribution in [3.05, 3.63) is 47.0 Å². The van der Waals surface area contributed by atoms with Crippen LogP contribution in [-0.2, 0) is 15.7 Å². The van der Waals surface area contributed by atoms with E-state index in [-0.39, 0.29) is 16.7 Å². The van der Waals surface area contributed by atoms with Crippen molar-refractivity contribution in [2.24, 2.45) is 0 Å². The number of anilines is 2. The van der Waals surface area contributed by atoms with Crippen molar-refractivity contribution in [1.29, 1.82) is 0 Å². The van der Waals surface area contributed by atoms with Gasteiger partial charge in [-0.25, -0.2) is 4.98 Å². The number of amides is 1. The van der Waals surface area contributed by atoms with Crippen LogP contribution in [-0.4, -0.2) is 42.9 Å². The van der Waals surface area contributed by atoms with Gasteiger partial charge >= 0.3 is 6.18 Å². The first-order chi connectivity index (χ1) is 14.8. The third-order valence-electron chi connectivity index (χ3n) is 4.61. The van der Waals surface area contributed by atoms with Gasteiger partial charge in [0, 0.05) is 18.1 Å². The van der Waals surface area contributed by atoms with Gasteiger partial charge in [0.15, 0.2) is 5.58 Å². The lowest BCUT2D eigenvalue weighted by atomic mass is 10.1. The van der Waals surface area contributed by atoms with Gasteiger partial charge in [0.1, 0.15) is 5.52 Å². The highest BCUT2D eigenvalue weighted by Crippen LogP contribution is 2.36. The number of carbonyl (C=O) groups is 1. The predicted molar refractivity (Wildman–Crippen MR) is 113 cm³/mol. The monoisotopic (exact) mass is 471 g/mol. The zero-order valence-corrected chi connectivity index (χ0v) is 17.6. The number of benzene rings is 2. The minimum absolute atomic E-state index is 0.0840. The Balaban J connectivity index is 1.49. The van der Waals surface area contributed by atoms with Crippen LogP contribution in [0.4, 0.5) is 24.5 Å². The minimum Gasteiger partial charge on any atom is -0.431 e. The molecule has 6 nitrogen and oxygen atoms in total. The molecule has 0 saturated carbocycles. The number of nitrogens with one attached hydrogen (secondary N) is 1.